The van der Waals surface area contributed by atoms with Gasteiger partial charge < -0.3 is 11.1 Å². The van der Waals surface area contributed by atoms with Crippen molar-refractivity contribution in [3.63, 3.8) is 0 Å². The number of benzene rings is 1. The van der Waals surface area contributed by atoms with E-state index in [9.17, 15) is 0 Å². The molecule has 0 aliphatic rings. The van der Waals surface area contributed by atoms with E-state index in [-0.39, 0.29) is 0 Å². The van der Waals surface area contributed by atoms with E-state index in [1.54, 1.807) is 4.68 Å². The van der Waals surface area contributed by atoms with Crippen molar-refractivity contribution >= 4 is 11.9 Å². The molecule has 3 N–H and O–H groups in total. The Balaban J connectivity index is 2.21. The Bertz CT molecular complexity index is 513. The Morgan fingerprint density at radius 3 is 2.56 bits per heavy atom. The molecule has 0 aliphatic heterocycles. The number of nitrogens with zero attached hydrogens (tertiary/aromatic N) is 3. The highest BCUT2D eigenvalue weighted by molar-refractivity contribution is 5.42. The first-order valence-corrected chi connectivity index (χ1v) is 6.09. The van der Waals surface area contributed by atoms with Crippen molar-refractivity contribution in [2.75, 3.05) is 17.6 Å². The molecule has 0 radical (unpaired) electrons. The summed E-state index contributed by atoms with van der Waals surface area (Å²) in [5, 5.41) is 7.51. The Kier molecular flexibility index (Phi) is 3.50. The number of aromatic nitrogens is 3. The van der Waals surface area contributed by atoms with Crippen molar-refractivity contribution in [3.8, 4) is 5.69 Å². The second-order valence-electron chi connectivity index (χ2n) is 4.82. The van der Waals surface area contributed by atoms with Gasteiger partial charge >= 0.3 is 0 Å². The van der Waals surface area contributed by atoms with Crippen LogP contribution in [0.25, 0.3) is 5.69 Å². The predicted octanol–water partition coefficient (Wildman–Crippen LogP) is 2.23. The SMILES string of the molecule is Cc1ccc(-n2nc(NCC(C)C)nc2N)cc1. The van der Waals surface area contributed by atoms with Crippen molar-refractivity contribution in [1.82, 2.24) is 14.8 Å². The van der Waals surface area contributed by atoms with Gasteiger partial charge in [-0.05, 0) is 25.0 Å². The van der Waals surface area contributed by atoms with Gasteiger partial charge in [0, 0.05) is 6.54 Å². The number of nitrogens with two attached hydrogens (primary N) is 1. The van der Waals surface area contributed by atoms with E-state index in [1.807, 2.05) is 31.2 Å². The first-order valence-electron chi connectivity index (χ1n) is 6.09. The summed E-state index contributed by atoms with van der Waals surface area (Å²) in [5.41, 5.74) is 7.99. The molecule has 0 spiro atoms. The molecule has 0 bridgehead atoms. The van der Waals surface area contributed by atoms with Gasteiger partial charge in [0.15, 0.2) is 0 Å². The minimum atomic E-state index is 0.394. The molecule has 5 heteroatoms. The largest absolute Gasteiger partial charge is 0.368 e. The Labute approximate surface area is 107 Å². The topological polar surface area (TPSA) is 68.8 Å². The summed E-state index contributed by atoms with van der Waals surface area (Å²) < 4.78 is 1.64. The normalized spacial score (nSPS) is 10.9. The fourth-order valence-corrected chi connectivity index (χ4v) is 1.57. The van der Waals surface area contributed by atoms with Gasteiger partial charge in [-0.15, -0.1) is 5.10 Å². The first-order chi connectivity index (χ1) is 8.56. The Hall–Kier alpha value is -2.04. The summed E-state index contributed by atoms with van der Waals surface area (Å²) in [4.78, 5) is 4.20. The lowest BCUT2D eigenvalue weighted by atomic mass is 10.2. The molecule has 0 atom stereocenters. The van der Waals surface area contributed by atoms with E-state index in [4.69, 9.17) is 5.73 Å². The predicted molar refractivity (Wildman–Crippen MR) is 73.8 cm³/mol. The molecule has 96 valence electrons. The highest BCUT2D eigenvalue weighted by Crippen LogP contribution is 2.14. The number of rotatable bonds is 4. The van der Waals surface area contributed by atoms with Gasteiger partial charge in [-0.3, -0.25) is 0 Å². The maximum absolute atomic E-state index is 5.87. The molecule has 0 fully saturated rings. The standard InChI is InChI=1S/C13H19N5/c1-9(2)8-15-13-16-12(14)18(17-13)11-6-4-10(3)5-7-11/h4-7,9H,8H2,1-3H3,(H3,14,15,16,17). The monoisotopic (exact) mass is 245 g/mol. The summed E-state index contributed by atoms with van der Waals surface area (Å²) in [6, 6.07) is 8.01. The van der Waals surface area contributed by atoms with Gasteiger partial charge in [-0.25, -0.2) is 0 Å². The zero-order valence-electron chi connectivity index (χ0n) is 11.0. The number of hydrogen-bond acceptors (Lipinski definition) is 4. The van der Waals surface area contributed by atoms with Crippen LogP contribution in [0.15, 0.2) is 24.3 Å². The lowest BCUT2D eigenvalue weighted by Gasteiger charge is -2.04. The van der Waals surface area contributed by atoms with Crippen LogP contribution in [-0.4, -0.2) is 21.3 Å². The first kappa shape index (κ1) is 12.4. The fraction of sp³-hybridized carbons (Fsp3) is 0.385. The fourth-order valence-electron chi connectivity index (χ4n) is 1.57. The van der Waals surface area contributed by atoms with Crippen LogP contribution in [0.5, 0.6) is 0 Å². The lowest BCUT2D eigenvalue weighted by Crippen LogP contribution is -2.09. The van der Waals surface area contributed by atoms with E-state index in [0.29, 0.717) is 17.8 Å². The molecular formula is C13H19N5. The van der Waals surface area contributed by atoms with Gasteiger partial charge in [0.1, 0.15) is 0 Å². The molecule has 0 unspecified atom stereocenters. The summed E-state index contributed by atoms with van der Waals surface area (Å²) in [6.45, 7) is 7.14. The van der Waals surface area contributed by atoms with Crippen LogP contribution in [0, 0.1) is 12.8 Å². The molecule has 2 rings (SSSR count). The van der Waals surface area contributed by atoms with Gasteiger partial charge in [0.2, 0.25) is 11.9 Å². The maximum atomic E-state index is 5.87. The second kappa shape index (κ2) is 5.08. The molecule has 0 saturated carbocycles. The van der Waals surface area contributed by atoms with Crippen LogP contribution in [0.2, 0.25) is 0 Å². The van der Waals surface area contributed by atoms with Gasteiger partial charge in [-0.2, -0.15) is 9.67 Å². The number of aryl methyl sites for hydroxylation is 1. The summed E-state index contributed by atoms with van der Waals surface area (Å²) in [5.74, 6) is 1.50. The smallest absolute Gasteiger partial charge is 0.244 e. The summed E-state index contributed by atoms with van der Waals surface area (Å²) >= 11 is 0. The summed E-state index contributed by atoms with van der Waals surface area (Å²) in [7, 11) is 0. The average molecular weight is 245 g/mol. The number of hydrogen-bond donors (Lipinski definition) is 2. The van der Waals surface area contributed by atoms with Crippen molar-refractivity contribution in [3.05, 3.63) is 29.8 Å². The molecule has 1 heterocycles. The third-order valence-corrected chi connectivity index (χ3v) is 2.58. The average Bonchev–Trinajstić information content (AvgIpc) is 2.69. The Morgan fingerprint density at radius 1 is 1.28 bits per heavy atom. The number of nitrogen functional groups attached to an aromatic ring is 1. The van der Waals surface area contributed by atoms with Crippen molar-refractivity contribution in [2.24, 2.45) is 5.92 Å². The van der Waals surface area contributed by atoms with Crippen LogP contribution in [-0.2, 0) is 0 Å². The Morgan fingerprint density at radius 2 is 1.94 bits per heavy atom. The van der Waals surface area contributed by atoms with Gasteiger partial charge in [-0.1, -0.05) is 31.5 Å². The second-order valence-corrected chi connectivity index (χ2v) is 4.82. The zero-order chi connectivity index (χ0) is 13.1. The van der Waals surface area contributed by atoms with Crippen molar-refractivity contribution < 1.29 is 0 Å². The van der Waals surface area contributed by atoms with E-state index in [1.165, 1.54) is 5.56 Å². The molecule has 5 nitrogen and oxygen atoms in total. The molecule has 1 aromatic heterocycles. The van der Waals surface area contributed by atoms with Crippen LogP contribution in [0.3, 0.4) is 0 Å². The number of nitrogens with one attached hydrogen (secondary N) is 1. The minimum absolute atomic E-state index is 0.394. The molecule has 0 aliphatic carbocycles. The summed E-state index contributed by atoms with van der Waals surface area (Å²) in [6.07, 6.45) is 0. The molecule has 0 amide bonds. The zero-order valence-corrected chi connectivity index (χ0v) is 11.0. The third-order valence-electron chi connectivity index (χ3n) is 2.58. The maximum Gasteiger partial charge on any atom is 0.244 e. The molecular weight excluding hydrogens is 226 g/mol. The quantitative estimate of drug-likeness (QED) is 0.866. The van der Waals surface area contributed by atoms with Crippen LogP contribution in [0.1, 0.15) is 19.4 Å². The van der Waals surface area contributed by atoms with Crippen molar-refractivity contribution in [1.29, 1.82) is 0 Å². The van der Waals surface area contributed by atoms with Gasteiger partial charge in [0.25, 0.3) is 0 Å². The molecule has 2 aromatic rings. The molecule has 0 saturated heterocycles. The highest BCUT2D eigenvalue weighted by atomic mass is 15.4. The minimum Gasteiger partial charge on any atom is -0.368 e. The van der Waals surface area contributed by atoms with E-state index < -0.39 is 0 Å². The van der Waals surface area contributed by atoms with Gasteiger partial charge in [0.05, 0.1) is 5.69 Å². The van der Waals surface area contributed by atoms with E-state index in [2.05, 4.69) is 29.2 Å². The van der Waals surface area contributed by atoms with E-state index >= 15 is 0 Å². The molecule has 1 aromatic carbocycles. The third kappa shape index (κ3) is 2.80. The van der Waals surface area contributed by atoms with Crippen LogP contribution >= 0.6 is 0 Å². The lowest BCUT2D eigenvalue weighted by molar-refractivity contribution is 0.684. The van der Waals surface area contributed by atoms with Crippen LogP contribution < -0.4 is 11.1 Å². The highest BCUT2D eigenvalue weighted by Gasteiger charge is 2.08. The number of anilines is 2. The molecule has 18 heavy (non-hydrogen) atoms. The van der Waals surface area contributed by atoms with Crippen LogP contribution in [0.4, 0.5) is 11.9 Å². The van der Waals surface area contributed by atoms with Crippen molar-refractivity contribution in [2.45, 2.75) is 20.8 Å². The van der Waals surface area contributed by atoms with E-state index in [0.717, 1.165) is 12.2 Å².